The van der Waals surface area contributed by atoms with E-state index >= 15 is 0 Å². The number of anilines is 1. The molecular weight excluding hydrogens is 306 g/mol. The normalized spacial score (nSPS) is 25.8. The molecule has 4 heteroatoms. The molecule has 3 nitrogen and oxygen atoms in total. The number of halogens is 1. The van der Waals surface area contributed by atoms with Crippen molar-refractivity contribution in [3.05, 3.63) is 28.7 Å². The summed E-state index contributed by atoms with van der Waals surface area (Å²) in [5, 5.41) is 12.9. The second kappa shape index (κ2) is 5.16. The van der Waals surface area contributed by atoms with E-state index in [4.69, 9.17) is 0 Å². The summed E-state index contributed by atoms with van der Waals surface area (Å²) in [6.07, 6.45) is 3.36. The Balaban J connectivity index is 2.28. The third-order valence-corrected chi connectivity index (χ3v) is 4.35. The first kappa shape index (κ1) is 14.4. The van der Waals surface area contributed by atoms with Gasteiger partial charge in [0.15, 0.2) is 0 Å². The third kappa shape index (κ3) is 3.30. The number of hydrogen-bond acceptors (Lipinski definition) is 2. The topological polar surface area (TPSA) is 49.3 Å². The van der Waals surface area contributed by atoms with E-state index in [1.165, 1.54) is 0 Å². The molecule has 1 aliphatic rings. The summed E-state index contributed by atoms with van der Waals surface area (Å²) in [6, 6.07) is 7.68. The summed E-state index contributed by atoms with van der Waals surface area (Å²) >= 11 is 3.42. The van der Waals surface area contributed by atoms with Crippen molar-refractivity contribution in [2.45, 2.75) is 45.1 Å². The van der Waals surface area contributed by atoms with Crippen molar-refractivity contribution >= 4 is 27.6 Å². The lowest BCUT2D eigenvalue weighted by Crippen LogP contribution is -2.51. The molecule has 1 saturated carbocycles. The van der Waals surface area contributed by atoms with Crippen molar-refractivity contribution in [2.75, 3.05) is 5.32 Å². The van der Waals surface area contributed by atoms with Crippen LogP contribution >= 0.6 is 15.9 Å². The monoisotopic (exact) mass is 325 g/mol. The number of carboxylic acids is 1. The molecule has 104 valence electrons. The zero-order valence-corrected chi connectivity index (χ0v) is 13.0. The average Bonchev–Trinajstić information content (AvgIpc) is 2.27. The molecule has 0 saturated heterocycles. The Hall–Kier alpha value is -1.03. The molecule has 1 unspecified atom stereocenters. The van der Waals surface area contributed by atoms with E-state index in [1.807, 2.05) is 24.3 Å². The van der Waals surface area contributed by atoms with Gasteiger partial charge in [0.25, 0.3) is 0 Å². The fourth-order valence-corrected chi connectivity index (χ4v) is 3.45. The molecule has 1 aromatic carbocycles. The van der Waals surface area contributed by atoms with Crippen LogP contribution in [-0.4, -0.2) is 16.6 Å². The second-order valence-corrected chi connectivity index (χ2v) is 7.13. The zero-order valence-electron chi connectivity index (χ0n) is 11.4. The van der Waals surface area contributed by atoms with Gasteiger partial charge in [0.2, 0.25) is 0 Å². The number of aliphatic carboxylic acids is 1. The molecule has 2 rings (SSSR count). The van der Waals surface area contributed by atoms with Crippen molar-refractivity contribution in [2.24, 2.45) is 5.41 Å². The van der Waals surface area contributed by atoms with Gasteiger partial charge in [0.05, 0.1) is 0 Å². The Morgan fingerprint density at radius 3 is 2.68 bits per heavy atom. The van der Waals surface area contributed by atoms with E-state index in [-0.39, 0.29) is 5.41 Å². The average molecular weight is 326 g/mol. The maximum atomic E-state index is 11.8. The van der Waals surface area contributed by atoms with Gasteiger partial charge in [0.1, 0.15) is 5.54 Å². The van der Waals surface area contributed by atoms with Crippen LogP contribution in [-0.2, 0) is 4.79 Å². The number of carbonyl (C=O) groups is 1. The van der Waals surface area contributed by atoms with E-state index in [2.05, 4.69) is 35.1 Å². The fraction of sp³-hybridized carbons (Fsp3) is 0.533. The van der Waals surface area contributed by atoms with Crippen LogP contribution in [0, 0.1) is 5.41 Å². The Labute approximate surface area is 122 Å². The highest BCUT2D eigenvalue weighted by Crippen LogP contribution is 2.42. The quantitative estimate of drug-likeness (QED) is 0.871. The van der Waals surface area contributed by atoms with E-state index in [0.29, 0.717) is 12.8 Å². The molecule has 0 heterocycles. The van der Waals surface area contributed by atoms with Crippen LogP contribution in [0.1, 0.15) is 39.5 Å². The Morgan fingerprint density at radius 1 is 1.37 bits per heavy atom. The van der Waals surface area contributed by atoms with Gasteiger partial charge in [-0.25, -0.2) is 4.79 Å². The van der Waals surface area contributed by atoms with E-state index in [9.17, 15) is 9.90 Å². The highest BCUT2D eigenvalue weighted by molar-refractivity contribution is 9.10. The van der Waals surface area contributed by atoms with Crippen LogP contribution in [0.15, 0.2) is 28.7 Å². The van der Waals surface area contributed by atoms with Crippen molar-refractivity contribution in [3.8, 4) is 0 Å². The Kier molecular flexibility index (Phi) is 3.90. The maximum Gasteiger partial charge on any atom is 0.329 e. The number of rotatable bonds is 3. The van der Waals surface area contributed by atoms with Gasteiger partial charge in [-0.1, -0.05) is 35.8 Å². The summed E-state index contributed by atoms with van der Waals surface area (Å²) in [4.78, 5) is 11.8. The van der Waals surface area contributed by atoms with Crippen LogP contribution in [0.2, 0.25) is 0 Å². The summed E-state index contributed by atoms with van der Waals surface area (Å²) in [5.74, 6) is -0.750. The third-order valence-electron chi connectivity index (χ3n) is 3.86. The van der Waals surface area contributed by atoms with E-state index < -0.39 is 11.5 Å². The molecular formula is C15H20BrNO2. The predicted molar refractivity (Wildman–Crippen MR) is 80.4 cm³/mol. The lowest BCUT2D eigenvalue weighted by Gasteiger charge is -2.43. The number of hydrogen-bond donors (Lipinski definition) is 2. The molecule has 0 aliphatic heterocycles. The maximum absolute atomic E-state index is 11.8. The minimum atomic E-state index is -0.845. The molecule has 1 atom stereocenters. The van der Waals surface area contributed by atoms with Crippen molar-refractivity contribution in [1.29, 1.82) is 0 Å². The highest BCUT2D eigenvalue weighted by atomic mass is 79.9. The number of nitrogens with one attached hydrogen (secondary N) is 1. The fourth-order valence-electron chi connectivity index (χ4n) is 3.05. The Bertz CT molecular complexity index is 487. The second-order valence-electron chi connectivity index (χ2n) is 6.22. The molecule has 19 heavy (non-hydrogen) atoms. The SMILES string of the molecule is CC1(C)CCCC(Nc2cccc(Br)c2)(C(=O)O)C1. The van der Waals surface area contributed by atoms with E-state index in [0.717, 1.165) is 23.0 Å². The molecule has 0 radical (unpaired) electrons. The van der Waals surface area contributed by atoms with Crippen molar-refractivity contribution < 1.29 is 9.90 Å². The summed E-state index contributed by atoms with van der Waals surface area (Å²) in [5.41, 5.74) is 0.0764. The predicted octanol–water partition coefficient (Wildman–Crippen LogP) is 4.28. The molecule has 0 aromatic heterocycles. The van der Waals surface area contributed by atoms with Gasteiger partial charge in [0, 0.05) is 10.2 Å². The van der Waals surface area contributed by atoms with Gasteiger partial charge < -0.3 is 10.4 Å². The van der Waals surface area contributed by atoms with Gasteiger partial charge in [-0.2, -0.15) is 0 Å². The molecule has 0 amide bonds. The number of carboxylic acid groups (broad SMARTS) is 1. The Morgan fingerprint density at radius 2 is 2.11 bits per heavy atom. The van der Waals surface area contributed by atoms with Gasteiger partial charge in [-0.05, 0) is 49.3 Å². The minimum absolute atomic E-state index is 0.0651. The first-order valence-electron chi connectivity index (χ1n) is 6.60. The lowest BCUT2D eigenvalue weighted by molar-refractivity contribution is -0.145. The first-order chi connectivity index (χ1) is 8.83. The van der Waals surface area contributed by atoms with Gasteiger partial charge >= 0.3 is 5.97 Å². The summed E-state index contributed by atoms with van der Waals surface area (Å²) < 4.78 is 0.952. The zero-order chi connectivity index (χ0) is 14.1. The number of benzene rings is 1. The molecule has 1 aliphatic carbocycles. The molecule has 0 spiro atoms. The van der Waals surface area contributed by atoms with Crippen molar-refractivity contribution in [1.82, 2.24) is 0 Å². The molecule has 1 aromatic rings. The molecule has 0 bridgehead atoms. The van der Waals surface area contributed by atoms with Crippen LogP contribution in [0.25, 0.3) is 0 Å². The lowest BCUT2D eigenvalue weighted by atomic mass is 9.68. The summed E-state index contributed by atoms with van der Waals surface area (Å²) in [6.45, 7) is 4.29. The van der Waals surface area contributed by atoms with Gasteiger partial charge in [-0.3, -0.25) is 0 Å². The van der Waals surface area contributed by atoms with Gasteiger partial charge in [-0.15, -0.1) is 0 Å². The smallest absolute Gasteiger partial charge is 0.329 e. The van der Waals surface area contributed by atoms with Crippen LogP contribution in [0.3, 0.4) is 0 Å². The van der Waals surface area contributed by atoms with Crippen LogP contribution < -0.4 is 5.32 Å². The van der Waals surface area contributed by atoms with E-state index in [1.54, 1.807) is 0 Å². The standard InChI is InChI=1S/C15H20BrNO2/c1-14(2)7-4-8-15(10-14,13(18)19)17-12-6-3-5-11(16)9-12/h3,5-6,9,17H,4,7-8,10H2,1-2H3,(H,18,19). The van der Waals surface area contributed by atoms with Crippen molar-refractivity contribution in [3.63, 3.8) is 0 Å². The van der Waals surface area contributed by atoms with Crippen LogP contribution in [0.5, 0.6) is 0 Å². The largest absolute Gasteiger partial charge is 0.480 e. The minimum Gasteiger partial charge on any atom is -0.480 e. The summed E-state index contributed by atoms with van der Waals surface area (Å²) in [7, 11) is 0. The first-order valence-corrected chi connectivity index (χ1v) is 7.40. The van der Waals surface area contributed by atoms with Crippen LogP contribution in [0.4, 0.5) is 5.69 Å². The molecule has 2 N–H and O–H groups in total. The molecule has 1 fully saturated rings. The highest BCUT2D eigenvalue weighted by Gasteiger charge is 2.45.